The highest BCUT2D eigenvalue weighted by atomic mass is 79.9. The number of thioether (sulfide) groups is 1. The Morgan fingerprint density at radius 1 is 1.39 bits per heavy atom. The van der Waals surface area contributed by atoms with Crippen LogP contribution < -0.4 is 0 Å². The van der Waals surface area contributed by atoms with Crippen molar-refractivity contribution in [3.63, 3.8) is 0 Å². The van der Waals surface area contributed by atoms with Crippen molar-refractivity contribution in [2.24, 2.45) is 5.92 Å². The molecule has 0 radical (unpaired) electrons. The highest BCUT2D eigenvalue weighted by Crippen LogP contribution is 2.42. The molecular formula is C18H20BrNO2S. The summed E-state index contributed by atoms with van der Waals surface area (Å²) in [6.07, 6.45) is 3.75. The smallest absolute Gasteiger partial charge is 0.198 e. The number of nitrogens with zero attached hydrogens (tertiary/aromatic N) is 1. The van der Waals surface area contributed by atoms with Crippen LogP contribution >= 0.6 is 27.7 Å². The van der Waals surface area contributed by atoms with Crippen LogP contribution in [0.4, 0.5) is 0 Å². The maximum atomic E-state index is 13.0. The van der Waals surface area contributed by atoms with E-state index in [-0.39, 0.29) is 5.78 Å². The van der Waals surface area contributed by atoms with Crippen LogP contribution in [0.15, 0.2) is 33.4 Å². The number of hydrogen-bond acceptors (Lipinski definition) is 4. The molecule has 5 heteroatoms. The molecule has 0 saturated heterocycles. The molecule has 1 aliphatic rings. The summed E-state index contributed by atoms with van der Waals surface area (Å²) in [6.45, 7) is 4.41. The van der Waals surface area contributed by atoms with Crippen LogP contribution in [0.3, 0.4) is 0 Å². The molecule has 1 fully saturated rings. The average Bonchev–Trinajstić information content (AvgIpc) is 3.23. The summed E-state index contributed by atoms with van der Waals surface area (Å²) >= 11 is 5.37. The second-order valence-electron chi connectivity index (χ2n) is 6.42. The first kappa shape index (κ1) is 16.8. The van der Waals surface area contributed by atoms with Crippen LogP contribution in [0.25, 0.3) is 0 Å². The van der Waals surface area contributed by atoms with Crippen molar-refractivity contribution in [1.29, 1.82) is 0 Å². The van der Waals surface area contributed by atoms with Gasteiger partial charge in [0.15, 0.2) is 11.5 Å². The fraction of sp³-hybridized carbons (Fsp3) is 0.444. The minimum absolute atomic E-state index is 0.0285. The minimum atomic E-state index is 0.0285. The Labute approximate surface area is 149 Å². The molecule has 0 atom stereocenters. The lowest BCUT2D eigenvalue weighted by molar-refractivity contribution is 0.103. The monoisotopic (exact) mass is 393 g/mol. The van der Waals surface area contributed by atoms with Gasteiger partial charge < -0.3 is 4.52 Å². The van der Waals surface area contributed by atoms with Gasteiger partial charge in [0.1, 0.15) is 0 Å². The SMILES string of the molecule is CC(C)CSCc1cc(Br)ccc1C(=O)c1cnoc1C1CC1. The largest absolute Gasteiger partial charge is 0.360 e. The third-order valence-electron chi connectivity index (χ3n) is 3.81. The first-order valence-electron chi connectivity index (χ1n) is 7.91. The van der Waals surface area contributed by atoms with Crippen molar-refractivity contribution >= 4 is 33.5 Å². The summed E-state index contributed by atoms with van der Waals surface area (Å²) in [4.78, 5) is 13.0. The van der Waals surface area contributed by atoms with E-state index >= 15 is 0 Å². The third kappa shape index (κ3) is 4.07. The van der Waals surface area contributed by atoms with Crippen molar-refractivity contribution in [2.75, 3.05) is 5.75 Å². The molecule has 1 heterocycles. The third-order valence-corrected chi connectivity index (χ3v) is 5.72. The summed E-state index contributed by atoms with van der Waals surface area (Å²) in [5.41, 5.74) is 2.46. The van der Waals surface area contributed by atoms with Gasteiger partial charge in [-0.3, -0.25) is 4.79 Å². The number of carbonyl (C=O) groups is 1. The zero-order valence-corrected chi connectivity index (χ0v) is 15.7. The van der Waals surface area contributed by atoms with E-state index in [1.807, 2.05) is 30.0 Å². The van der Waals surface area contributed by atoms with Gasteiger partial charge in [0.2, 0.25) is 0 Å². The van der Waals surface area contributed by atoms with Crippen LogP contribution in [0, 0.1) is 5.92 Å². The molecular weight excluding hydrogens is 374 g/mol. The molecule has 0 aliphatic heterocycles. The highest BCUT2D eigenvalue weighted by Gasteiger charge is 2.33. The Hall–Kier alpha value is -1.07. The molecule has 1 saturated carbocycles. The van der Waals surface area contributed by atoms with Gasteiger partial charge in [-0.15, -0.1) is 0 Å². The molecule has 122 valence electrons. The quantitative estimate of drug-likeness (QED) is 0.587. The molecule has 0 spiro atoms. The number of hydrogen-bond donors (Lipinski definition) is 0. The Morgan fingerprint density at radius 3 is 2.87 bits per heavy atom. The number of rotatable bonds is 7. The maximum Gasteiger partial charge on any atom is 0.198 e. The van der Waals surface area contributed by atoms with E-state index in [1.54, 1.807) is 6.20 Å². The van der Waals surface area contributed by atoms with Gasteiger partial charge >= 0.3 is 0 Å². The van der Waals surface area contributed by atoms with Gasteiger partial charge in [-0.05, 0) is 48.3 Å². The summed E-state index contributed by atoms with van der Waals surface area (Å²) in [6, 6.07) is 5.88. The number of ketones is 1. The summed E-state index contributed by atoms with van der Waals surface area (Å²) < 4.78 is 6.32. The summed E-state index contributed by atoms with van der Waals surface area (Å²) in [5, 5.41) is 3.85. The molecule has 1 aliphatic carbocycles. The van der Waals surface area contributed by atoms with Crippen LogP contribution in [-0.4, -0.2) is 16.7 Å². The van der Waals surface area contributed by atoms with E-state index in [2.05, 4.69) is 34.9 Å². The molecule has 23 heavy (non-hydrogen) atoms. The van der Waals surface area contributed by atoms with Crippen LogP contribution in [0.1, 0.15) is 59.9 Å². The van der Waals surface area contributed by atoms with Gasteiger partial charge in [0, 0.05) is 21.7 Å². The van der Waals surface area contributed by atoms with Crippen molar-refractivity contribution in [3.8, 4) is 0 Å². The second kappa shape index (κ2) is 7.22. The van der Waals surface area contributed by atoms with Gasteiger partial charge in [-0.1, -0.05) is 34.9 Å². The van der Waals surface area contributed by atoms with E-state index in [0.29, 0.717) is 17.4 Å². The molecule has 0 amide bonds. The topological polar surface area (TPSA) is 43.1 Å². The van der Waals surface area contributed by atoms with Crippen molar-refractivity contribution in [3.05, 3.63) is 51.3 Å². The normalized spacial score (nSPS) is 14.4. The van der Waals surface area contributed by atoms with Crippen LogP contribution in [0.5, 0.6) is 0 Å². The Morgan fingerprint density at radius 2 is 2.17 bits per heavy atom. The predicted octanol–water partition coefficient (Wildman–Crippen LogP) is 5.43. The Bertz CT molecular complexity index is 707. The van der Waals surface area contributed by atoms with Gasteiger partial charge in [-0.2, -0.15) is 11.8 Å². The minimum Gasteiger partial charge on any atom is -0.360 e. The fourth-order valence-electron chi connectivity index (χ4n) is 2.51. The summed E-state index contributed by atoms with van der Waals surface area (Å²) in [7, 11) is 0. The summed E-state index contributed by atoms with van der Waals surface area (Å²) in [5.74, 6) is 3.74. The molecule has 0 N–H and O–H groups in total. The lowest BCUT2D eigenvalue weighted by Crippen LogP contribution is -2.06. The predicted molar refractivity (Wildman–Crippen MR) is 97.1 cm³/mol. The van der Waals surface area contributed by atoms with Crippen LogP contribution in [0.2, 0.25) is 0 Å². The van der Waals surface area contributed by atoms with E-state index in [0.717, 1.165) is 45.7 Å². The number of benzene rings is 1. The fourth-order valence-corrected chi connectivity index (χ4v) is 3.97. The zero-order valence-electron chi connectivity index (χ0n) is 13.3. The first-order chi connectivity index (χ1) is 11.1. The molecule has 2 aromatic rings. The van der Waals surface area contributed by atoms with Gasteiger partial charge in [0.05, 0.1) is 11.8 Å². The Balaban J connectivity index is 1.85. The average molecular weight is 394 g/mol. The molecule has 1 aromatic carbocycles. The number of aromatic nitrogens is 1. The van der Waals surface area contributed by atoms with E-state index < -0.39 is 0 Å². The lowest BCUT2D eigenvalue weighted by atomic mass is 9.99. The van der Waals surface area contributed by atoms with Crippen LogP contribution in [-0.2, 0) is 5.75 Å². The number of halogens is 1. The highest BCUT2D eigenvalue weighted by molar-refractivity contribution is 9.10. The molecule has 3 nitrogen and oxygen atoms in total. The molecule has 1 aromatic heterocycles. The van der Waals surface area contributed by atoms with Gasteiger partial charge in [0.25, 0.3) is 0 Å². The van der Waals surface area contributed by atoms with E-state index in [1.165, 1.54) is 0 Å². The second-order valence-corrected chi connectivity index (χ2v) is 8.36. The standard InChI is InChI=1S/C18H20BrNO2S/c1-11(2)9-23-10-13-7-14(19)5-6-15(13)17(21)16-8-20-22-18(16)12-3-4-12/h5-8,11-12H,3-4,9-10H2,1-2H3. The zero-order chi connectivity index (χ0) is 16.4. The Kier molecular flexibility index (Phi) is 5.27. The lowest BCUT2D eigenvalue weighted by Gasteiger charge is -2.10. The van der Waals surface area contributed by atoms with E-state index in [4.69, 9.17) is 4.52 Å². The molecule has 0 bridgehead atoms. The molecule has 0 unspecified atom stereocenters. The van der Waals surface area contributed by atoms with Crippen molar-refractivity contribution in [2.45, 2.75) is 38.4 Å². The first-order valence-corrected chi connectivity index (χ1v) is 9.86. The van der Waals surface area contributed by atoms with Crippen molar-refractivity contribution in [1.82, 2.24) is 5.16 Å². The van der Waals surface area contributed by atoms with E-state index in [9.17, 15) is 4.79 Å². The molecule has 3 rings (SSSR count). The van der Waals surface area contributed by atoms with Gasteiger partial charge in [-0.25, -0.2) is 0 Å². The van der Waals surface area contributed by atoms with Crippen molar-refractivity contribution < 1.29 is 9.32 Å². The number of carbonyl (C=O) groups excluding carboxylic acids is 1. The maximum absolute atomic E-state index is 13.0.